The van der Waals surface area contributed by atoms with Crippen LogP contribution < -0.4 is 4.90 Å². The van der Waals surface area contributed by atoms with Gasteiger partial charge in [0.1, 0.15) is 0 Å². The quantitative estimate of drug-likeness (QED) is 0.168. The summed E-state index contributed by atoms with van der Waals surface area (Å²) < 4.78 is 0. The molecule has 7 aromatic rings. The van der Waals surface area contributed by atoms with Gasteiger partial charge < -0.3 is 0 Å². The largest absolute Gasteiger partial charge is 0.294 e. The summed E-state index contributed by atoms with van der Waals surface area (Å²) in [4.78, 5) is 11.1. The Hall–Kier alpha value is -6.84. The summed E-state index contributed by atoms with van der Waals surface area (Å²) in [7, 11) is 0. The lowest BCUT2D eigenvalue weighted by atomic mass is 9.83. The molecule has 252 valence electrons. The Morgan fingerprint density at radius 2 is 1.23 bits per heavy atom. The molecule has 0 bridgehead atoms. The Balaban J connectivity index is 1.24. The maximum Gasteiger partial charge on any atom is 0.156 e. The normalized spacial score (nSPS) is 14.1. The zero-order valence-corrected chi connectivity index (χ0v) is 29.6. The zero-order chi connectivity index (χ0) is 35.7. The van der Waals surface area contributed by atoms with Gasteiger partial charge in [0.25, 0.3) is 0 Å². The maximum atomic E-state index is 4.81. The van der Waals surface area contributed by atoms with E-state index in [9.17, 15) is 0 Å². The van der Waals surface area contributed by atoms with Crippen LogP contribution in [0, 0.1) is 0 Å². The Labute approximate surface area is 311 Å². The summed E-state index contributed by atoms with van der Waals surface area (Å²) in [5.74, 6) is 0.760. The zero-order valence-electron chi connectivity index (χ0n) is 29.6. The van der Waals surface area contributed by atoms with Gasteiger partial charge in [0.05, 0.1) is 6.20 Å². The molecule has 3 heteroatoms. The van der Waals surface area contributed by atoms with Gasteiger partial charge in [0, 0.05) is 23.8 Å². The molecule has 0 spiro atoms. The van der Waals surface area contributed by atoms with E-state index in [-0.39, 0.29) is 0 Å². The van der Waals surface area contributed by atoms with E-state index in [1.807, 2.05) is 18.2 Å². The van der Waals surface area contributed by atoms with Crippen LogP contribution in [0.25, 0.3) is 49.7 Å². The molecule has 0 N–H and O–H groups in total. The highest BCUT2D eigenvalue weighted by Gasteiger charge is 2.36. The van der Waals surface area contributed by atoms with Crippen molar-refractivity contribution < 1.29 is 0 Å². The van der Waals surface area contributed by atoms with E-state index < -0.39 is 0 Å². The molecule has 0 saturated heterocycles. The fraction of sp³-hybridized carbons (Fsp3) is 0.0400. The maximum absolute atomic E-state index is 4.81. The van der Waals surface area contributed by atoms with Gasteiger partial charge in [0.15, 0.2) is 5.82 Å². The molecule has 0 amide bonds. The second-order valence-electron chi connectivity index (χ2n) is 13.3. The Morgan fingerprint density at radius 1 is 0.642 bits per heavy atom. The van der Waals surface area contributed by atoms with Crippen LogP contribution in [0.5, 0.6) is 0 Å². The third-order valence-corrected chi connectivity index (χ3v) is 10.4. The third kappa shape index (κ3) is 5.55. The van der Waals surface area contributed by atoms with E-state index in [0.29, 0.717) is 0 Å². The van der Waals surface area contributed by atoms with Crippen molar-refractivity contribution in [2.75, 3.05) is 4.90 Å². The molecule has 3 nitrogen and oxygen atoms in total. The Bertz CT molecular complexity index is 2570. The highest BCUT2D eigenvalue weighted by atomic mass is 15.2. The number of hydrogen-bond donors (Lipinski definition) is 0. The molecule has 6 aromatic carbocycles. The van der Waals surface area contributed by atoms with E-state index in [1.165, 1.54) is 66.4 Å². The van der Waals surface area contributed by atoms with E-state index in [4.69, 9.17) is 6.58 Å². The Morgan fingerprint density at radius 3 is 1.83 bits per heavy atom. The summed E-state index contributed by atoms with van der Waals surface area (Å²) >= 11 is 0. The molecular weight excluding hydrogens is 643 g/mol. The van der Waals surface area contributed by atoms with E-state index in [1.54, 1.807) is 18.6 Å². The van der Waals surface area contributed by atoms with Crippen LogP contribution in [0.1, 0.15) is 30.0 Å². The van der Waals surface area contributed by atoms with Gasteiger partial charge in [0.2, 0.25) is 0 Å². The molecule has 2 aliphatic rings. The van der Waals surface area contributed by atoms with Crippen molar-refractivity contribution in [2.24, 2.45) is 0 Å². The van der Waals surface area contributed by atoms with Crippen LogP contribution >= 0.6 is 0 Å². The molecule has 0 radical (unpaired) electrons. The van der Waals surface area contributed by atoms with Crippen LogP contribution in [0.2, 0.25) is 0 Å². The van der Waals surface area contributed by atoms with Crippen molar-refractivity contribution in [1.82, 2.24) is 9.97 Å². The number of nitrogens with zero attached hydrogens (tertiary/aromatic N) is 3. The van der Waals surface area contributed by atoms with Gasteiger partial charge in [-0.2, -0.15) is 0 Å². The molecule has 1 aromatic heterocycles. The number of rotatable bonds is 7. The summed E-state index contributed by atoms with van der Waals surface area (Å²) in [5, 5.41) is 2.51. The highest BCUT2D eigenvalue weighted by molar-refractivity contribution is 6.23. The van der Waals surface area contributed by atoms with Crippen molar-refractivity contribution in [1.29, 1.82) is 0 Å². The number of allylic oxidation sites excluding steroid dienone is 9. The molecule has 2 aliphatic carbocycles. The first-order valence-corrected chi connectivity index (χ1v) is 18.1. The number of fused-ring (bicyclic) bond motifs is 4. The van der Waals surface area contributed by atoms with Crippen LogP contribution in [0.3, 0.4) is 0 Å². The molecule has 53 heavy (non-hydrogen) atoms. The van der Waals surface area contributed by atoms with Gasteiger partial charge in [-0.05, 0) is 115 Å². The molecule has 0 fully saturated rings. The molecule has 0 unspecified atom stereocenters. The van der Waals surface area contributed by atoms with E-state index in [2.05, 4.69) is 167 Å². The molecule has 1 heterocycles. The fourth-order valence-electron chi connectivity index (χ4n) is 8.07. The van der Waals surface area contributed by atoms with E-state index >= 15 is 0 Å². The fourth-order valence-corrected chi connectivity index (χ4v) is 8.07. The van der Waals surface area contributed by atoms with Crippen LogP contribution in [-0.4, -0.2) is 9.97 Å². The molecule has 0 aliphatic heterocycles. The minimum Gasteiger partial charge on any atom is -0.294 e. The lowest BCUT2D eigenvalue weighted by molar-refractivity contribution is 1.12. The van der Waals surface area contributed by atoms with Crippen molar-refractivity contribution in [2.45, 2.75) is 13.3 Å². The minimum atomic E-state index is 0.760. The lowest BCUT2D eigenvalue weighted by Crippen LogP contribution is -2.11. The lowest BCUT2D eigenvalue weighted by Gasteiger charge is -2.24. The second-order valence-corrected chi connectivity index (χ2v) is 13.3. The molecule has 9 rings (SSSR count). The first-order valence-electron chi connectivity index (χ1n) is 18.1. The van der Waals surface area contributed by atoms with Crippen molar-refractivity contribution >= 4 is 44.7 Å². The third-order valence-electron chi connectivity index (χ3n) is 10.4. The monoisotopic (exact) mass is 679 g/mol. The van der Waals surface area contributed by atoms with Gasteiger partial charge >= 0.3 is 0 Å². The predicted molar refractivity (Wildman–Crippen MR) is 223 cm³/mol. The average Bonchev–Trinajstić information content (AvgIpc) is 3.37. The first kappa shape index (κ1) is 32.1. The first-order chi connectivity index (χ1) is 26.2. The van der Waals surface area contributed by atoms with Crippen molar-refractivity contribution in [3.05, 3.63) is 217 Å². The van der Waals surface area contributed by atoms with Gasteiger partial charge in [-0.3, -0.25) is 9.88 Å². The number of para-hydroxylation sites is 1. The number of anilines is 3. The molecule has 0 atom stereocenters. The summed E-state index contributed by atoms with van der Waals surface area (Å²) in [6.07, 6.45) is 15.1. The molecular formula is C50H37N3. The van der Waals surface area contributed by atoms with E-state index in [0.717, 1.165) is 34.8 Å². The standard InChI is InChI=1S/C50H37N3/c1-3-40-48-41(34(2)35-27-29-39(30-28-35)53(38-21-11-6-12-22-38)45-33-51-31-32-52-45)23-13-16-26-44(48)50-47(37-19-9-5-10-20-37)43-25-15-14-24-42(43)46(49(40)50)36-17-7-4-8-18-36/h3-22,24-33H,2,23H2,1H3/b40-3+. The smallest absolute Gasteiger partial charge is 0.156 e. The van der Waals surface area contributed by atoms with Crippen LogP contribution in [0.4, 0.5) is 17.2 Å². The van der Waals surface area contributed by atoms with Crippen molar-refractivity contribution in [3.8, 4) is 22.3 Å². The summed E-state index contributed by atoms with van der Waals surface area (Å²) in [6, 6.07) is 49.6. The number of aromatic nitrogens is 2. The predicted octanol–water partition coefficient (Wildman–Crippen LogP) is 13.2. The minimum absolute atomic E-state index is 0.760. The Kier molecular flexibility index (Phi) is 8.30. The van der Waals surface area contributed by atoms with Gasteiger partial charge in [-0.25, -0.2) is 4.98 Å². The average molecular weight is 680 g/mol. The number of benzene rings is 6. The highest BCUT2D eigenvalue weighted by Crippen LogP contribution is 2.58. The SMILES string of the molecule is C=C(C1=C2C(=CC=CC1)c1c(c(-c3ccccc3)c3ccccc3c1-c1ccccc1)/C2=C/C)c1ccc(N(c2ccccc2)c2cnccn2)cc1. The molecule has 0 saturated carbocycles. The van der Waals surface area contributed by atoms with Gasteiger partial charge in [-0.1, -0.05) is 146 Å². The van der Waals surface area contributed by atoms with Crippen LogP contribution in [-0.2, 0) is 0 Å². The number of hydrogen-bond acceptors (Lipinski definition) is 3. The topological polar surface area (TPSA) is 29.0 Å². The van der Waals surface area contributed by atoms with Gasteiger partial charge in [-0.15, -0.1) is 0 Å². The van der Waals surface area contributed by atoms with Crippen molar-refractivity contribution in [3.63, 3.8) is 0 Å². The summed E-state index contributed by atoms with van der Waals surface area (Å²) in [5.41, 5.74) is 16.7. The van der Waals surface area contributed by atoms with Crippen LogP contribution in [0.15, 0.2) is 200 Å². The second kappa shape index (κ2) is 13.7. The summed E-state index contributed by atoms with van der Waals surface area (Å²) in [6.45, 7) is 6.99.